The lowest BCUT2D eigenvalue weighted by atomic mass is 10.1. The molecule has 15 heavy (non-hydrogen) atoms. The molecular formula is C11H15N3S. The van der Waals surface area contributed by atoms with Crippen LogP contribution in [-0.2, 0) is 0 Å². The number of nitrogen functional groups attached to an aromatic ring is 1. The third kappa shape index (κ3) is 1.71. The summed E-state index contributed by atoms with van der Waals surface area (Å²) in [4.78, 5) is 9.10. The SMILES string of the molecule is CSc1nc(C2CC2)c(N)c(C2CC2)n1. The van der Waals surface area contributed by atoms with Crippen molar-refractivity contribution in [3.05, 3.63) is 11.4 Å². The molecule has 2 N–H and O–H groups in total. The predicted molar refractivity (Wildman–Crippen MR) is 62.2 cm³/mol. The summed E-state index contributed by atoms with van der Waals surface area (Å²) in [6, 6.07) is 0. The Labute approximate surface area is 93.9 Å². The summed E-state index contributed by atoms with van der Waals surface area (Å²) in [7, 11) is 0. The van der Waals surface area contributed by atoms with Crippen LogP contribution in [0.1, 0.15) is 48.9 Å². The molecule has 0 radical (unpaired) electrons. The van der Waals surface area contributed by atoms with Crippen LogP contribution in [0.15, 0.2) is 5.16 Å². The smallest absolute Gasteiger partial charge is 0.187 e. The zero-order valence-corrected chi connectivity index (χ0v) is 9.68. The first-order valence-corrected chi connectivity index (χ1v) is 6.73. The van der Waals surface area contributed by atoms with Gasteiger partial charge in [-0.3, -0.25) is 0 Å². The number of hydrogen-bond donors (Lipinski definition) is 1. The van der Waals surface area contributed by atoms with E-state index in [0.717, 1.165) is 22.2 Å². The molecule has 2 fully saturated rings. The van der Waals surface area contributed by atoms with E-state index < -0.39 is 0 Å². The highest BCUT2D eigenvalue weighted by molar-refractivity contribution is 7.98. The fourth-order valence-corrected chi connectivity index (χ4v) is 2.29. The van der Waals surface area contributed by atoms with Crippen LogP contribution in [-0.4, -0.2) is 16.2 Å². The zero-order chi connectivity index (χ0) is 10.4. The number of rotatable bonds is 3. The van der Waals surface area contributed by atoms with Crippen molar-refractivity contribution in [3.8, 4) is 0 Å². The van der Waals surface area contributed by atoms with Gasteiger partial charge in [0, 0.05) is 11.8 Å². The normalized spacial score (nSPS) is 20.6. The topological polar surface area (TPSA) is 51.8 Å². The van der Waals surface area contributed by atoms with Gasteiger partial charge in [0.05, 0.1) is 17.1 Å². The van der Waals surface area contributed by atoms with Crippen molar-refractivity contribution in [1.82, 2.24) is 9.97 Å². The van der Waals surface area contributed by atoms with Crippen LogP contribution in [0.2, 0.25) is 0 Å². The summed E-state index contributed by atoms with van der Waals surface area (Å²) < 4.78 is 0. The average Bonchev–Trinajstić information content (AvgIpc) is 3.10. The third-order valence-corrected chi connectivity index (χ3v) is 3.64. The van der Waals surface area contributed by atoms with Crippen molar-refractivity contribution in [1.29, 1.82) is 0 Å². The minimum atomic E-state index is 0.622. The standard InChI is InChI=1S/C11H15N3S/c1-15-11-13-9(6-2-3-6)8(12)10(14-11)7-4-5-7/h6-7H,2-5,12H2,1H3. The van der Waals surface area contributed by atoms with Crippen LogP contribution in [0.3, 0.4) is 0 Å². The van der Waals surface area contributed by atoms with E-state index in [1.54, 1.807) is 11.8 Å². The van der Waals surface area contributed by atoms with E-state index in [-0.39, 0.29) is 0 Å². The van der Waals surface area contributed by atoms with Crippen LogP contribution in [0, 0.1) is 0 Å². The molecule has 0 aliphatic heterocycles. The largest absolute Gasteiger partial charge is 0.396 e. The summed E-state index contributed by atoms with van der Waals surface area (Å²) in [5.74, 6) is 1.24. The molecule has 0 atom stereocenters. The van der Waals surface area contributed by atoms with Gasteiger partial charge in [-0.05, 0) is 31.9 Å². The number of nitrogens with zero attached hydrogens (tertiary/aromatic N) is 2. The number of thioether (sulfide) groups is 1. The van der Waals surface area contributed by atoms with Gasteiger partial charge in [0.1, 0.15) is 0 Å². The van der Waals surface area contributed by atoms with Gasteiger partial charge in [0.15, 0.2) is 5.16 Å². The van der Waals surface area contributed by atoms with Gasteiger partial charge < -0.3 is 5.73 Å². The van der Waals surface area contributed by atoms with E-state index in [0.29, 0.717) is 11.8 Å². The maximum atomic E-state index is 6.15. The highest BCUT2D eigenvalue weighted by Crippen LogP contribution is 2.47. The van der Waals surface area contributed by atoms with Crippen LogP contribution in [0.4, 0.5) is 5.69 Å². The average molecular weight is 221 g/mol. The Balaban J connectivity index is 2.07. The molecule has 2 aliphatic rings. The first-order chi connectivity index (χ1) is 7.29. The minimum Gasteiger partial charge on any atom is -0.396 e. The molecule has 1 aromatic rings. The Morgan fingerprint density at radius 3 is 1.87 bits per heavy atom. The molecule has 0 saturated heterocycles. The number of hydrogen-bond acceptors (Lipinski definition) is 4. The number of aromatic nitrogens is 2. The fourth-order valence-electron chi connectivity index (χ4n) is 1.91. The second kappa shape index (κ2) is 3.37. The predicted octanol–water partition coefficient (Wildman–Crippen LogP) is 2.54. The van der Waals surface area contributed by atoms with Crippen LogP contribution >= 0.6 is 11.8 Å². The molecule has 1 heterocycles. The molecule has 0 spiro atoms. The molecule has 0 amide bonds. The van der Waals surface area contributed by atoms with Crippen molar-refractivity contribution >= 4 is 17.4 Å². The molecule has 3 rings (SSSR count). The second-order valence-corrected chi connectivity index (χ2v) is 5.22. The van der Waals surface area contributed by atoms with Gasteiger partial charge >= 0.3 is 0 Å². The molecular weight excluding hydrogens is 206 g/mol. The Kier molecular flexibility index (Phi) is 2.12. The van der Waals surface area contributed by atoms with Gasteiger partial charge in [-0.25, -0.2) is 9.97 Å². The van der Waals surface area contributed by atoms with Crippen molar-refractivity contribution in [2.45, 2.75) is 42.7 Å². The van der Waals surface area contributed by atoms with Crippen molar-refractivity contribution in [2.75, 3.05) is 12.0 Å². The summed E-state index contributed by atoms with van der Waals surface area (Å²) in [5.41, 5.74) is 9.28. The number of nitrogens with two attached hydrogens (primary N) is 1. The molecule has 3 nitrogen and oxygen atoms in total. The summed E-state index contributed by atoms with van der Waals surface area (Å²) >= 11 is 1.62. The summed E-state index contributed by atoms with van der Waals surface area (Å²) in [6.07, 6.45) is 7.02. The quantitative estimate of drug-likeness (QED) is 0.629. The third-order valence-electron chi connectivity index (χ3n) is 3.09. The molecule has 2 aliphatic carbocycles. The molecule has 0 bridgehead atoms. The first kappa shape index (κ1) is 9.46. The Hall–Kier alpha value is -0.770. The van der Waals surface area contributed by atoms with Gasteiger partial charge in [-0.15, -0.1) is 0 Å². The van der Waals surface area contributed by atoms with Gasteiger partial charge in [0.25, 0.3) is 0 Å². The Morgan fingerprint density at radius 1 is 1.07 bits per heavy atom. The van der Waals surface area contributed by atoms with Crippen LogP contribution in [0.25, 0.3) is 0 Å². The lowest BCUT2D eigenvalue weighted by Gasteiger charge is -2.09. The van der Waals surface area contributed by atoms with Crippen molar-refractivity contribution in [2.24, 2.45) is 0 Å². The van der Waals surface area contributed by atoms with Crippen molar-refractivity contribution in [3.63, 3.8) is 0 Å². The van der Waals surface area contributed by atoms with Crippen LogP contribution in [0.5, 0.6) is 0 Å². The highest BCUT2D eigenvalue weighted by atomic mass is 32.2. The Morgan fingerprint density at radius 2 is 1.53 bits per heavy atom. The highest BCUT2D eigenvalue weighted by Gasteiger charge is 2.33. The molecule has 1 aromatic heterocycles. The van der Waals surface area contributed by atoms with E-state index in [2.05, 4.69) is 9.97 Å². The zero-order valence-electron chi connectivity index (χ0n) is 8.86. The van der Waals surface area contributed by atoms with Crippen molar-refractivity contribution < 1.29 is 0 Å². The van der Waals surface area contributed by atoms with E-state index in [4.69, 9.17) is 5.73 Å². The maximum Gasteiger partial charge on any atom is 0.187 e. The van der Waals surface area contributed by atoms with Gasteiger partial charge in [-0.2, -0.15) is 0 Å². The fraction of sp³-hybridized carbons (Fsp3) is 0.636. The maximum absolute atomic E-state index is 6.15. The molecule has 0 aromatic carbocycles. The Bertz CT molecular complexity index is 364. The summed E-state index contributed by atoms with van der Waals surface area (Å²) in [5, 5.41) is 0.896. The van der Waals surface area contributed by atoms with E-state index in [1.165, 1.54) is 25.7 Å². The van der Waals surface area contributed by atoms with E-state index >= 15 is 0 Å². The van der Waals surface area contributed by atoms with Gasteiger partial charge in [0.2, 0.25) is 0 Å². The molecule has 0 unspecified atom stereocenters. The number of anilines is 1. The second-order valence-electron chi connectivity index (χ2n) is 4.44. The molecule has 4 heteroatoms. The van der Waals surface area contributed by atoms with Crippen LogP contribution < -0.4 is 5.73 Å². The summed E-state index contributed by atoms with van der Waals surface area (Å²) in [6.45, 7) is 0. The minimum absolute atomic E-state index is 0.622. The molecule has 2 saturated carbocycles. The lowest BCUT2D eigenvalue weighted by Crippen LogP contribution is -2.05. The lowest BCUT2D eigenvalue weighted by molar-refractivity contribution is 0.839. The first-order valence-electron chi connectivity index (χ1n) is 5.51. The monoisotopic (exact) mass is 221 g/mol. The molecule has 80 valence electrons. The van der Waals surface area contributed by atoms with E-state index in [9.17, 15) is 0 Å². The van der Waals surface area contributed by atoms with E-state index in [1.807, 2.05) is 6.26 Å². The van der Waals surface area contributed by atoms with Gasteiger partial charge in [-0.1, -0.05) is 11.8 Å².